The van der Waals surface area contributed by atoms with Gasteiger partial charge in [0.05, 0.1) is 12.2 Å². The Bertz CT molecular complexity index is 357. The predicted octanol–water partition coefficient (Wildman–Crippen LogP) is 1.08. The van der Waals surface area contributed by atoms with E-state index in [0.29, 0.717) is 19.1 Å². The normalized spacial score (nSPS) is 11.2. The lowest BCUT2D eigenvalue weighted by Crippen LogP contribution is -2.37. The van der Waals surface area contributed by atoms with E-state index < -0.39 is 0 Å². The number of nitrogens with zero attached hydrogens (tertiary/aromatic N) is 2. The Balaban J connectivity index is 2.28. The fourth-order valence-corrected chi connectivity index (χ4v) is 1.44. The van der Waals surface area contributed by atoms with Gasteiger partial charge in [-0.05, 0) is 33.8 Å². The number of hydrogen-bond donors (Lipinski definition) is 2. The lowest BCUT2D eigenvalue weighted by atomic mass is 10.4. The van der Waals surface area contributed by atoms with E-state index in [9.17, 15) is 4.79 Å². The van der Waals surface area contributed by atoms with Crippen molar-refractivity contribution in [3.8, 4) is 0 Å². The van der Waals surface area contributed by atoms with Crippen LogP contribution in [0.5, 0.6) is 0 Å². The minimum atomic E-state index is 0.0169. The molecular weight excluding hydrogens is 216 g/mol. The number of carbonyl (C=O) groups is 1. The summed E-state index contributed by atoms with van der Waals surface area (Å²) in [5.41, 5.74) is 0.955. The Morgan fingerprint density at radius 3 is 2.65 bits per heavy atom. The van der Waals surface area contributed by atoms with Gasteiger partial charge in [0.25, 0.3) is 0 Å². The molecule has 0 saturated carbocycles. The smallest absolute Gasteiger partial charge is 0.234 e. The molecule has 96 valence electrons. The first-order valence-electron chi connectivity index (χ1n) is 6.03. The minimum absolute atomic E-state index is 0.0169. The van der Waals surface area contributed by atoms with Crippen LogP contribution in [0.25, 0.3) is 0 Å². The van der Waals surface area contributed by atoms with E-state index in [-0.39, 0.29) is 11.9 Å². The molecule has 0 spiro atoms. The van der Waals surface area contributed by atoms with Crippen molar-refractivity contribution >= 4 is 5.91 Å². The van der Waals surface area contributed by atoms with Gasteiger partial charge in [-0.1, -0.05) is 0 Å². The summed E-state index contributed by atoms with van der Waals surface area (Å²) in [5.74, 6) is 0.0169. The highest BCUT2D eigenvalue weighted by Crippen LogP contribution is 2.03. The van der Waals surface area contributed by atoms with Crippen molar-refractivity contribution in [3.05, 3.63) is 18.0 Å². The van der Waals surface area contributed by atoms with Crippen LogP contribution in [0.2, 0.25) is 0 Å². The Kier molecular flexibility index (Phi) is 5.15. The molecule has 0 unspecified atom stereocenters. The minimum Gasteiger partial charge on any atom is -0.353 e. The zero-order chi connectivity index (χ0) is 12.8. The third kappa shape index (κ3) is 4.99. The fourth-order valence-electron chi connectivity index (χ4n) is 1.44. The second kappa shape index (κ2) is 6.39. The number of carbonyl (C=O) groups excluding carboxylic acids is 1. The molecule has 1 aromatic rings. The van der Waals surface area contributed by atoms with E-state index in [4.69, 9.17) is 0 Å². The van der Waals surface area contributed by atoms with Gasteiger partial charge in [0, 0.05) is 24.8 Å². The van der Waals surface area contributed by atoms with E-state index in [0.717, 1.165) is 5.69 Å². The van der Waals surface area contributed by atoms with E-state index in [1.165, 1.54) is 0 Å². The van der Waals surface area contributed by atoms with Crippen LogP contribution in [-0.4, -0.2) is 28.3 Å². The first-order chi connectivity index (χ1) is 7.99. The zero-order valence-corrected chi connectivity index (χ0v) is 11.0. The van der Waals surface area contributed by atoms with Crippen LogP contribution < -0.4 is 10.6 Å². The maximum atomic E-state index is 11.4. The molecule has 0 saturated heterocycles. The van der Waals surface area contributed by atoms with Crippen molar-refractivity contribution < 1.29 is 4.79 Å². The third-order valence-corrected chi connectivity index (χ3v) is 2.23. The zero-order valence-electron chi connectivity index (χ0n) is 11.0. The van der Waals surface area contributed by atoms with Crippen LogP contribution >= 0.6 is 0 Å². The summed E-state index contributed by atoms with van der Waals surface area (Å²) in [6, 6.07) is 2.52. The molecule has 5 nitrogen and oxygen atoms in total. The monoisotopic (exact) mass is 238 g/mol. The summed E-state index contributed by atoms with van der Waals surface area (Å²) < 4.78 is 1.91. The van der Waals surface area contributed by atoms with Crippen molar-refractivity contribution in [1.29, 1.82) is 0 Å². The van der Waals surface area contributed by atoms with Crippen molar-refractivity contribution in [2.45, 2.75) is 46.3 Å². The number of aromatic nitrogens is 2. The largest absolute Gasteiger partial charge is 0.353 e. The van der Waals surface area contributed by atoms with Crippen molar-refractivity contribution in [2.24, 2.45) is 0 Å². The standard InChI is InChI=1S/C12H22N4O/c1-9(2)14-12(17)8-13-7-11-5-6-16(15-11)10(3)4/h5-6,9-10,13H,7-8H2,1-4H3,(H,14,17). The molecule has 0 aromatic carbocycles. The highest BCUT2D eigenvalue weighted by atomic mass is 16.1. The highest BCUT2D eigenvalue weighted by molar-refractivity contribution is 5.78. The maximum Gasteiger partial charge on any atom is 0.234 e. The second-order valence-corrected chi connectivity index (χ2v) is 4.71. The average molecular weight is 238 g/mol. The molecule has 1 amide bonds. The second-order valence-electron chi connectivity index (χ2n) is 4.71. The number of nitrogens with one attached hydrogen (secondary N) is 2. The first-order valence-corrected chi connectivity index (χ1v) is 6.03. The third-order valence-electron chi connectivity index (χ3n) is 2.23. The molecule has 1 rings (SSSR count). The Morgan fingerprint density at radius 2 is 2.12 bits per heavy atom. The molecule has 0 fully saturated rings. The molecule has 0 aliphatic rings. The number of rotatable bonds is 6. The van der Waals surface area contributed by atoms with Gasteiger partial charge < -0.3 is 10.6 Å². The predicted molar refractivity (Wildman–Crippen MR) is 67.6 cm³/mol. The van der Waals surface area contributed by atoms with Gasteiger partial charge in [-0.25, -0.2) is 0 Å². The molecule has 0 radical (unpaired) electrons. The maximum absolute atomic E-state index is 11.4. The lowest BCUT2D eigenvalue weighted by Gasteiger charge is -2.08. The molecule has 0 atom stereocenters. The Labute approximate surface area is 103 Å². The molecule has 2 N–H and O–H groups in total. The van der Waals surface area contributed by atoms with Crippen LogP contribution in [0.15, 0.2) is 12.3 Å². The highest BCUT2D eigenvalue weighted by Gasteiger charge is 2.04. The summed E-state index contributed by atoms with van der Waals surface area (Å²) in [7, 11) is 0. The quantitative estimate of drug-likeness (QED) is 0.779. The lowest BCUT2D eigenvalue weighted by molar-refractivity contribution is -0.120. The van der Waals surface area contributed by atoms with Gasteiger partial charge in [0.15, 0.2) is 0 Å². The van der Waals surface area contributed by atoms with Gasteiger partial charge in [-0.3, -0.25) is 9.48 Å². The average Bonchev–Trinajstić information content (AvgIpc) is 2.65. The molecule has 0 bridgehead atoms. The van der Waals surface area contributed by atoms with Gasteiger partial charge in [-0.2, -0.15) is 5.10 Å². The SMILES string of the molecule is CC(C)NC(=O)CNCc1ccn(C(C)C)n1. The summed E-state index contributed by atoms with van der Waals surface area (Å²) in [6.45, 7) is 9.00. The van der Waals surface area contributed by atoms with Crippen molar-refractivity contribution in [1.82, 2.24) is 20.4 Å². The Morgan fingerprint density at radius 1 is 1.41 bits per heavy atom. The number of hydrogen-bond acceptors (Lipinski definition) is 3. The topological polar surface area (TPSA) is 59.0 Å². The molecule has 1 aromatic heterocycles. The van der Waals surface area contributed by atoms with Crippen LogP contribution in [0.1, 0.15) is 39.4 Å². The van der Waals surface area contributed by atoms with E-state index in [2.05, 4.69) is 29.6 Å². The summed E-state index contributed by atoms with van der Waals surface area (Å²) in [6.07, 6.45) is 1.95. The van der Waals surface area contributed by atoms with Gasteiger partial charge in [0.1, 0.15) is 0 Å². The van der Waals surface area contributed by atoms with Crippen molar-refractivity contribution in [2.75, 3.05) is 6.54 Å². The van der Waals surface area contributed by atoms with Crippen LogP contribution in [-0.2, 0) is 11.3 Å². The van der Waals surface area contributed by atoms with E-state index in [1.54, 1.807) is 0 Å². The van der Waals surface area contributed by atoms with Gasteiger partial charge in [-0.15, -0.1) is 0 Å². The summed E-state index contributed by atoms with van der Waals surface area (Å²) in [4.78, 5) is 11.4. The Hall–Kier alpha value is -1.36. The number of amides is 1. The molecular formula is C12H22N4O. The summed E-state index contributed by atoms with van der Waals surface area (Å²) >= 11 is 0. The van der Waals surface area contributed by atoms with Crippen LogP contribution in [0.4, 0.5) is 0 Å². The summed E-state index contributed by atoms with van der Waals surface area (Å²) in [5, 5.41) is 10.3. The van der Waals surface area contributed by atoms with Crippen molar-refractivity contribution in [3.63, 3.8) is 0 Å². The first kappa shape index (κ1) is 13.7. The molecule has 0 aliphatic heterocycles. The van der Waals surface area contributed by atoms with Gasteiger partial charge >= 0.3 is 0 Å². The van der Waals surface area contributed by atoms with Crippen LogP contribution in [0.3, 0.4) is 0 Å². The van der Waals surface area contributed by atoms with E-state index >= 15 is 0 Å². The molecule has 0 aliphatic carbocycles. The molecule has 5 heteroatoms. The molecule has 17 heavy (non-hydrogen) atoms. The van der Waals surface area contributed by atoms with Gasteiger partial charge in [0.2, 0.25) is 5.91 Å². The van der Waals surface area contributed by atoms with E-state index in [1.807, 2.05) is 30.8 Å². The van der Waals surface area contributed by atoms with Crippen LogP contribution in [0, 0.1) is 0 Å². The molecule has 1 heterocycles. The fraction of sp³-hybridized carbons (Fsp3) is 0.667.